The topological polar surface area (TPSA) is 170 Å². The Morgan fingerprint density at radius 3 is 1.15 bits per heavy atom. The first kappa shape index (κ1) is 37.8. The van der Waals surface area contributed by atoms with E-state index < -0.39 is 49.4 Å². The molecule has 12 nitrogen and oxygen atoms in total. The van der Waals surface area contributed by atoms with Gasteiger partial charge in [0.2, 0.25) is 0 Å². The van der Waals surface area contributed by atoms with Gasteiger partial charge in [0.1, 0.15) is 13.2 Å². The van der Waals surface area contributed by atoms with Crippen molar-refractivity contribution in [3.05, 3.63) is 131 Å². The van der Waals surface area contributed by atoms with E-state index in [1.54, 1.807) is 12.2 Å². The van der Waals surface area contributed by atoms with E-state index in [1.807, 2.05) is 97.1 Å². The molecular formula is C42H42N2O10. The molecular weight excluding hydrogens is 692 g/mol. The molecule has 4 aromatic rings. The molecule has 280 valence electrons. The van der Waals surface area contributed by atoms with Gasteiger partial charge >= 0.3 is 24.1 Å². The molecule has 2 atom stereocenters. The third-order valence-corrected chi connectivity index (χ3v) is 9.43. The van der Waals surface area contributed by atoms with E-state index in [0.717, 1.165) is 44.5 Å². The highest BCUT2D eigenvalue weighted by atomic mass is 16.6. The normalized spacial score (nSPS) is 13.9. The Kier molecular flexibility index (Phi) is 12.7. The minimum Gasteiger partial charge on any atom is -0.464 e. The molecule has 2 aliphatic carbocycles. The monoisotopic (exact) mass is 734 g/mol. The highest BCUT2D eigenvalue weighted by Crippen LogP contribution is 2.45. The number of alkyl carbamates (subject to hydrolysis) is 2. The van der Waals surface area contributed by atoms with Crippen LogP contribution in [-0.2, 0) is 28.5 Å². The summed E-state index contributed by atoms with van der Waals surface area (Å²) in [6.45, 7) is -1.26. The van der Waals surface area contributed by atoms with Crippen molar-refractivity contribution >= 4 is 24.1 Å². The largest absolute Gasteiger partial charge is 0.464 e. The summed E-state index contributed by atoms with van der Waals surface area (Å²) in [5, 5.41) is 24.1. The first-order chi connectivity index (χ1) is 26.4. The van der Waals surface area contributed by atoms with E-state index in [9.17, 15) is 29.4 Å². The van der Waals surface area contributed by atoms with Crippen LogP contribution in [0.1, 0.15) is 46.9 Å². The Balaban J connectivity index is 0.850. The van der Waals surface area contributed by atoms with Gasteiger partial charge in [-0.1, -0.05) is 109 Å². The van der Waals surface area contributed by atoms with Crippen molar-refractivity contribution in [1.82, 2.24) is 10.6 Å². The summed E-state index contributed by atoms with van der Waals surface area (Å²) < 4.78 is 21.3. The van der Waals surface area contributed by atoms with Crippen molar-refractivity contribution in [1.29, 1.82) is 0 Å². The number of carbonyl (C=O) groups excluding carboxylic acids is 4. The fraction of sp³-hybridized carbons (Fsp3) is 0.286. The molecule has 54 heavy (non-hydrogen) atoms. The number of aliphatic hydroxyl groups is 2. The number of aliphatic hydroxyl groups excluding tert-OH is 2. The quantitative estimate of drug-likeness (QED) is 0.0519. The summed E-state index contributed by atoms with van der Waals surface area (Å²) in [6.07, 6.45) is 2.38. The van der Waals surface area contributed by atoms with E-state index in [2.05, 4.69) is 10.6 Å². The molecule has 0 radical (unpaired) electrons. The van der Waals surface area contributed by atoms with Gasteiger partial charge in [0.05, 0.1) is 26.4 Å². The number of esters is 2. The summed E-state index contributed by atoms with van der Waals surface area (Å²) in [6, 6.07) is 29.1. The van der Waals surface area contributed by atoms with Gasteiger partial charge in [-0.3, -0.25) is 0 Å². The van der Waals surface area contributed by atoms with E-state index >= 15 is 0 Å². The molecule has 2 aliphatic rings. The predicted molar refractivity (Wildman–Crippen MR) is 198 cm³/mol. The first-order valence-corrected chi connectivity index (χ1v) is 17.8. The minimum atomic E-state index is -1.30. The number of carbonyl (C=O) groups is 4. The van der Waals surface area contributed by atoms with Crippen molar-refractivity contribution in [3.8, 4) is 22.3 Å². The summed E-state index contributed by atoms with van der Waals surface area (Å²) >= 11 is 0. The van der Waals surface area contributed by atoms with Crippen LogP contribution in [0.25, 0.3) is 22.3 Å². The van der Waals surface area contributed by atoms with Gasteiger partial charge in [0.25, 0.3) is 0 Å². The molecule has 0 aliphatic heterocycles. The lowest BCUT2D eigenvalue weighted by molar-refractivity contribution is -0.147. The zero-order valence-electron chi connectivity index (χ0n) is 29.5. The summed E-state index contributed by atoms with van der Waals surface area (Å²) in [5.41, 5.74) is 8.55. The van der Waals surface area contributed by atoms with Crippen molar-refractivity contribution in [2.45, 2.75) is 36.8 Å². The van der Waals surface area contributed by atoms with Crippen LogP contribution in [-0.4, -0.2) is 86.1 Å². The first-order valence-electron chi connectivity index (χ1n) is 17.8. The van der Waals surface area contributed by atoms with E-state index in [1.165, 1.54) is 0 Å². The summed E-state index contributed by atoms with van der Waals surface area (Å²) in [4.78, 5) is 50.1. The Hall–Kier alpha value is -5.98. The molecule has 0 fully saturated rings. The fourth-order valence-electron chi connectivity index (χ4n) is 6.81. The smallest absolute Gasteiger partial charge is 0.407 e. The fourth-order valence-corrected chi connectivity index (χ4v) is 6.81. The van der Waals surface area contributed by atoms with E-state index in [4.69, 9.17) is 18.9 Å². The van der Waals surface area contributed by atoms with Crippen LogP contribution in [0.2, 0.25) is 0 Å². The molecule has 0 bridgehead atoms. The van der Waals surface area contributed by atoms with Crippen LogP contribution in [0, 0.1) is 0 Å². The zero-order chi connectivity index (χ0) is 37.9. The lowest BCUT2D eigenvalue weighted by Crippen LogP contribution is -2.45. The minimum absolute atomic E-state index is 0.0192. The Morgan fingerprint density at radius 1 is 0.519 bits per heavy atom. The summed E-state index contributed by atoms with van der Waals surface area (Å²) in [5.74, 6) is -1.93. The third kappa shape index (κ3) is 8.79. The molecule has 4 aromatic carbocycles. The van der Waals surface area contributed by atoms with Crippen LogP contribution in [0.3, 0.4) is 0 Å². The predicted octanol–water partition coefficient (Wildman–Crippen LogP) is 5.21. The molecule has 0 aromatic heterocycles. The summed E-state index contributed by atoms with van der Waals surface area (Å²) in [7, 11) is 0. The van der Waals surface area contributed by atoms with Gasteiger partial charge in [0, 0.05) is 11.8 Å². The Labute approximate surface area is 312 Å². The van der Waals surface area contributed by atoms with Crippen molar-refractivity contribution < 1.29 is 48.3 Å². The van der Waals surface area contributed by atoms with E-state index in [-0.39, 0.29) is 38.3 Å². The molecule has 12 heteroatoms. The number of ether oxygens (including phenoxy) is 4. The number of rotatable bonds is 16. The third-order valence-electron chi connectivity index (χ3n) is 9.43. The lowest BCUT2D eigenvalue weighted by atomic mass is 9.98. The standard InChI is InChI=1S/C42H42N2O10/c45-23-37(43-41(49)53-25-35-31-17-7-3-13-27(31)28-14-4-8-18-32(28)35)39(47)51-21-11-1-2-12-22-52-40(48)38(24-46)44-42(50)54-26-36-33-19-9-5-15-29(33)30-16-6-10-20-34(30)36/h1-10,13-20,35-38,45-46H,11-12,21-26H2,(H,43,49)(H,44,50)/b2-1+/t37-,38-/m0/s1. The number of hydrogen-bond acceptors (Lipinski definition) is 10. The maximum atomic E-state index is 12.5. The van der Waals surface area contributed by atoms with E-state index in [0.29, 0.717) is 12.8 Å². The van der Waals surface area contributed by atoms with Crippen LogP contribution in [0.5, 0.6) is 0 Å². The van der Waals surface area contributed by atoms with Gasteiger partial charge in [-0.05, 0) is 57.3 Å². The van der Waals surface area contributed by atoms with Gasteiger partial charge in [-0.15, -0.1) is 0 Å². The van der Waals surface area contributed by atoms with Gasteiger partial charge in [-0.2, -0.15) is 0 Å². The maximum absolute atomic E-state index is 12.5. The highest BCUT2D eigenvalue weighted by molar-refractivity contribution is 5.83. The number of hydrogen-bond donors (Lipinski definition) is 4. The number of fused-ring (bicyclic) bond motifs is 6. The molecule has 2 amide bonds. The molecule has 4 N–H and O–H groups in total. The average Bonchev–Trinajstić information content (AvgIpc) is 3.70. The van der Waals surface area contributed by atoms with Crippen LogP contribution in [0.15, 0.2) is 109 Å². The van der Waals surface area contributed by atoms with Crippen molar-refractivity contribution in [3.63, 3.8) is 0 Å². The van der Waals surface area contributed by atoms with Crippen molar-refractivity contribution in [2.75, 3.05) is 39.6 Å². The Bertz CT molecular complexity index is 1760. The van der Waals surface area contributed by atoms with Crippen molar-refractivity contribution in [2.24, 2.45) is 0 Å². The van der Waals surface area contributed by atoms with Gasteiger partial charge < -0.3 is 39.8 Å². The maximum Gasteiger partial charge on any atom is 0.407 e. The lowest BCUT2D eigenvalue weighted by Gasteiger charge is -2.18. The SMILES string of the molecule is O=C(N[C@@H](CO)C(=O)OCC/C=C/CCOC(=O)[C@H](CO)NC(=O)OCC1c2ccccc2-c2ccccc21)OCC1c2ccccc2-c2ccccc21. The van der Waals surface area contributed by atoms with Gasteiger partial charge in [0.15, 0.2) is 12.1 Å². The second-order valence-electron chi connectivity index (χ2n) is 12.8. The second-order valence-corrected chi connectivity index (χ2v) is 12.8. The highest BCUT2D eigenvalue weighted by Gasteiger charge is 2.31. The molecule has 0 saturated heterocycles. The molecule has 0 heterocycles. The van der Waals surface area contributed by atoms with Gasteiger partial charge in [-0.25, -0.2) is 19.2 Å². The van der Waals surface area contributed by atoms with Crippen LogP contribution in [0.4, 0.5) is 9.59 Å². The average molecular weight is 735 g/mol. The number of amides is 2. The molecule has 0 saturated carbocycles. The zero-order valence-corrected chi connectivity index (χ0v) is 29.5. The van der Waals surface area contributed by atoms with Crippen LogP contribution >= 0.6 is 0 Å². The number of nitrogens with one attached hydrogen (secondary N) is 2. The van der Waals surface area contributed by atoms with Crippen LogP contribution < -0.4 is 10.6 Å². The Morgan fingerprint density at radius 2 is 0.833 bits per heavy atom. The molecule has 0 unspecified atom stereocenters. The molecule has 6 rings (SSSR count). The molecule has 0 spiro atoms. The second kappa shape index (κ2) is 18.2. The number of benzene rings is 4.